The van der Waals surface area contributed by atoms with E-state index >= 15 is 0 Å². The van der Waals surface area contributed by atoms with E-state index in [9.17, 15) is 0 Å². The number of amidine groups is 1. The molecule has 0 aromatic rings. The van der Waals surface area contributed by atoms with Gasteiger partial charge in [0.25, 0.3) is 0 Å². The van der Waals surface area contributed by atoms with E-state index in [0.717, 1.165) is 12.8 Å². The highest BCUT2D eigenvalue weighted by atomic mass is 14.9. The summed E-state index contributed by atoms with van der Waals surface area (Å²) in [5, 5.41) is 18.9. The highest BCUT2D eigenvalue weighted by Crippen LogP contribution is 2.17. The first-order chi connectivity index (χ1) is 6.74. The summed E-state index contributed by atoms with van der Waals surface area (Å²) < 4.78 is 0. The van der Waals surface area contributed by atoms with Crippen molar-refractivity contribution in [3.05, 3.63) is 11.8 Å². The fourth-order valence-corrected chi connectivity index (χ4v) is 1.64. The second kappa shape index (κ2) is 5.28. The number of nitriles is 1. The van der Waals surface area contributed by atoms with Gasteiger partial charge < -0.3 is 11.1 Å². The van der Waals surface area contributed by atoms with E-state index in [1.165, 1.54) is 19.3 Å². The van der Waals surface area contributed by atoms with Gasteiger partial charge in [-0.25, -0.2) is 0 Å². The third-order valence-corrected chi connectivity index (χ3v) is 2.48. The van der Waals surface area contributed by atoms with Gasteiger partial charge in [-0.15, -0.1) is 0 Å². The molecule has 0 unspecified atom stereocenters. The van der Waals surface area contributed by atoms with Gasteiger partial charge in [0, 0.05) is 12.2 Å². The molecule has 1 aliphatic rings. The third-order valence-electron chi connectivity index (χ3n) is 2.48. The first kappa shape index (κ1) is 10.6. The second-order valence-corrected chi connectivity index (χ2v) is 3.59. The molecule has 1 saturated carbocycles. The Labute approximate surface area is 84.3 Å². The molecule has 0 atom stereocenters. The maximum Gasteiger partial charge on any atom is 0.135 e. The average molecular weight is 192 g/mol. The Morgan fingerprint density at radius 1 is 1.43 bits per heavy atom. The van der Waals surface area contributed by atoms with Crippen LogP contribution in [0.4, 0.5) is 0 Å². The minimum absolute atomic E-state index is 0.171. The highest BCUT2D eigenvalue weighted by Gasteiger charge is 2.11. The molecule has 0 aliphatic heterocycles. The van der Waals surface area contributed by atoms with Gasteiger partial charge in [-0.2, -0.15) is 5.26 Å². The highest BCUT2D eigenvalue weighted by molar-refractivity contribution is 5.97. The van der Waals surface area contributed by atoms with E-state index in [-0.39, 0.29) is 11.4 Å². The summed E-state index contributed by atoms with van der Waals surface area (Å²) in [5.74, 6) is -0.171. The topological polar surface area (TPSA) is 85.7 Å². The molecule has 4 nitrogen and oxygen atoms in total. The van der Waals surface area contributed by atoms with Crippen LogP contribution in [0.15, 0.2) is 11.8 Å². The van der Waals surface area contributed by atoms with Gasteiger partial charge in [0.1, 0.15) is 17.5 Å². The van der Waals surface area contributed by atoms with E-state index in [2.05, 4.69) is 5.32 Å². The zero-order valence-corrected chi connectivity index (χ0v) is 8.21. The summed E-state index contributed by atoms with van der Waals surface area (Å²) in [6, 6.07) is 2.34. The van der Waals surface area contributed by atoms with Crippen LogP contribution < -0.4 is 11.1 Å². The lowest BCUT2D eigenvalue weighted by Gasteiger charge is -2.21. The molecule has 0 aromatic carbocycles. The Bertz CT molecular complexity index is 268. The monoisotopic (exact) mass is 192 g/mol. The maximum absolute atomic E-state index is 8.65. The summed E-state index contributed by atoms with van der Waals surface area (Å²) in [6.07, 6.45) is 7.65. The van der Waals surface area contributed by atoms with E-state index in [1.807, 2.05) is 6.07 Å². The molecule has 4 N–H and O–H groups in total. The molecule has 0 heterocycles. The standard InChI is InChI=1S/C10H16N4/c11-6-8(10(12)13)7-14-9-4-2-1-3-5-9/h7,9,14H,1-5H2,(H3,12,13)/b8-7-. The number of nitrogens with one attached hydrogen (secondary N) is 2. The van der Waals surface area contributed by atoms with Crippen LogP contribution in [-0.2, 0) is 0 Å². The van der Waals surface area contributed by atoms with Gasteiger partial charge in [-0.05, 0) is 12.8 Å². The summed E-state index contributed by atoms with van der Waals surface area (Å²) in [4.78, 5) is 0. The zero-order valence-electron chi connectivity index (χ0n) is 8.21. The maximum atomic E-state index is 8.65. The Morgan fingerprint density at radius 2 is 2.07 bits per heavy atom. The number of nitrogens with two attached hydrogens (primary N) is 1. The summed E-state index contributed by atoms with van der Waals surface area (Å²) in [6.45, 7) is 0. The van der Waals surface area contributed by atoms with Crippen molar-refractivity contribution in [1.29, 1.82) is 10.7 Å². The summed E-state index contributed by atoms with van der Waals surface area (Å²) >= 11 is 0. The molecule has 1 fully saturated rings. The van der Waals surface area contributed by atoms with Crippen LogP contribution in [0, 0.1) is 16.7 Å². The third kappa shape index (κ3) is 3.09. The second-order valence-electron chi connectivity index (χ2n) is 3.59. The number of hydrogen-bond acceptors (Lipinski definition) is 3. The molecule has 0 saturated heterocycles. The molecule has 14 heavy (non-hydrogen) atoms. The molecule has 0 aromatic heterocycles. The lowest BCUT2D eigenvalue weighted by atomic mass is 9.96. The van der Waals surface area contributed by atoms with Crippen molar-refractivity contribution >= 4 is 5.84 Å². The molecule has 1 aliphatic carbocycles. The lowest BCUT2D eigenvalue weighted by Crippen LogP contribution is -2.28. The normalized spacial score (nSPS) is 18.6. The summed E-state index contributed by atoms with van der Waals surface area (Å²) in [7, 11) is 0. The van der Waals surface area contributed by atoms with Crippen LogP contribution >= 0.6 is 0 Å². The molecule has 1 rings (SSSR count). The Hall–Kier alpha value is -1.50. The Balaban J connectivity index is 2.43. The van der Waals surface area contributed by atoms with Crippen LogP contribution in [0.2, 0.25) is 0 Å². The van der Waals surface area contributed by atoms with Gasteiger partial charge in [0.2, 0.25) is 0 Å². The quantitative estimate of drug-likeness (QED) is 0.357. The molecule has 4 heteroatoms. The largest absolute Gasteiger partial charge is 0.387 e. The van der Waals surface area contributed by atoms with Crippen molar-refractivity contribution in [2.75, 3.05) is 0 Å². The van der Waals surface area contributed by atoms with Crippen LogP contribution in [0.5, 0.6) is 0 Å². The predicted octanol–water partition coefficient (Wildman–Crippen LogP) is 1.25. The van der Waals surface area contributed by atoms with E-state index < -0.39 is 0 Å². The molecular weight excluding hydrogens is 176 g/mol. The van der Waals surface area contributed by atoms with Crippen molar-refractivity contribution in [2.24, 2.45) is 5.73 Å². The lowest BCUT2D eigenvalue weighted by molar-refractivity contribution is 0.404. The van der Waals surface area contributed by atoms with Gasteiger partial charge in [-0.1, -0.05) is 19.3 Å². The van der Waals surface area contributed by atoms with Crippen molar-refractivity contribution < 1.29 is 0 Å². The fraction of sp³-hybridized carbons (Fsp3) is 0.600. The van der Waals surface area contributed by atoms with Gasteiger partial charge in [0.05, 0.1) is 0 Å². The van der Waals surface area contributed by atoms with Crippen molar-refractivity contribution in [3.8, 4) is 6.07 Å². The number of hydrogen-bond donors (Lipinski definition) is 3. The SMILES string of the molecule is N#C/C(=C/NC1CCCCC1)C(=N)N. The first-order valence-corrected chi connectivity index (χ1v) is 4.94. The minimum atomic E-state index is -0.171. The van der Waals surface area contributed by atoms with E-state index in [0.29, 0.717) is 6.04 Å². The van der Waals surface area contributed by atoms with E-state index in [1.54, 1.807) is 6.20 Å². The zero-order chi connectivity index (χ0) is 10.4. The number of nitrogens with zero attached hydrogens (tertiary/aromatic N) is 1. The number of rotatable bonds is 3. The van der Waals surface area contributed by atoms with Crippen LogP contribution in [0.1, 0.15) is 32.1 Å². The average Bonchev–Trinajstić information content (AvgIpc) is 2.20. The molecule has 0 spiro atoms. The van der Waals surface area contributed by atoms with Gasteiger partial charge in [-0.3, -0.25) is 5.41 Å². The minimum Gasteiger partial charge on any atom is -0.387 e. The van der Waals surface area contributed by atoms with Crippen molar-refractivity contribution in [2.45, 2.75) is 38.1 Å². The van der Waals surface area contributed by atoms with Gasteiger partial charge in [0.15, 0.2) is 0 Å². The predicted molar refractivity (Wildman–Crippen MR) is 55.6 cm³/mol. The molecule has 76 valence electrons. The van der Waals surface area contributed by atoms with Crippen molar-refractivity contribution in [1.82, 2.24) is 5.32 Å². The van der Waals surface area contributed by atoms with Crippen LogP contribution in [0.3, 0.4) is 0 Å². The molecular formula is C10H16N4. The molecule has 0 radical (unpaired) electrons. The molecule has 0 bridgehead atoms. The van der Waals surface area contributed by atoms with Crippen LogP contribution in [-0.4, -0.2) is 11.9 Å². The van der Waals surface area contributed by atoms with Gasteiger partial charge >= 0.3 is 0 Å². The summed E-state index contributed by atoms with van der Waals surface area (Å²) in [5.41, 5.74) is 5.43. The van der Waals surface area contributed by atoms with Crippen molar-refractivity contribution in [3.63, 3.8) is 0 Å². The Morgan fingerprint density at radius 3 is 2.57 bits per heavy atom. The van der Waals surface area contributed by atoms with Crippen LogP contribution in [0.25, 0.3) is 0 Å². The Kier molecular flexibility index (Phi) is 3.99. The molecule has 0 amide bonds. The van der Waals surface area contributed by atoms with E-state index in [4.69, 9.17) is 16.4 Å². The first-order valence-electron chi connectivity index (χ1n) is 4.94. The smallest absolute Gasteiger partial charge is 0.135 e. The fourth-order valence-electron chi connectivity index (χ4n) is 1.64.